The lowest BCUT2D eigenvalue weighted by Gasteiger charge is -2.33. The number of nitrogens with one attached hydrogen (secondary N) is 2. The first-order chi connectivity index (χ1) is 16.1. The number of urea groups is 1. The van der Waals surface area contributed by atoms with Crippen molar-refractivity contribution in [2.45, 2.75) is 31.5 Å². The van der Waals surface area contributed by atoms with Gasteiger partial charge in [0.05, 0.1) is 6.67 Å². The van der Waals surface area contributed by atoms with E-state index in [1.165, 1.54) is 30.3 Å². The number of carbonyl (C=O) groups is 3. The topological polar surface area (TPSA) is 94.6 Å². The van der Waals surface area contributed by atoms with Gasteiger partial charge in [0, 0.05) is 25.2 Å². The number of nitrogens with zero attached hydrogens (tertiary/aromatic N) is 3. The number of pyridine rings is 1. The van der Waals surface area contributed by atoms with E-state index in [-0.39, 0.29) is 24.1 Å². The number of hydrogen-bond donors (Lipinski definition) is 2. The molecule has 1 aromatic carbocycles. The molecule has 0 radical (unpaired) electrons. The minimum absolute atomic E-state index is 0.187. The first kappa shape index (κ1) is 23.7. The van der Waals surface area contributed by atoms with Crippen LogP contribution in [0.15, 0.2) is 48.7 Å². The van der Waals surface area contributed by atoms with E-state index >= 15 is 0 Å². The Morgan fingerprint density at radius 3 is 2.47 bits per heavy atom. The molecule has 2 aliphatic rings. The molecule has 0 saturated carbocycles. The predicted octanol–water partition coefficient (Wildman–Crippen LogP) is 3.01. The predicted molar refractivity (Wildman–Crippen MR) is 116 cm³/mol. The lowest BCUT2D eigenvalue weighted by atomic mass is 9.89. The largest absolute Gasteiger partial charge is 0.425 e. The third-order valence-electron chi connectivity index (χ3n) is 6.20. The number of benzene rings is 1. The molecule has 2 fully saturated rings. The van der Waals surface area contributed by atoms with Gasteiger partial charge in [-0.25, -0.2) is 14.7 Å². The zero-order chi connectivity index (χ0) is 24.5. The molecule has 34 heavy (non-hydrogen) atoms. The number of amides is 4. The van der Waals surface area contributed by atoms with Crippen LogP contribution >= 0.6 is 0 Å². The molecule has 180 valence electrons. The summed E-state index contributed by atoms with van der Waals surface area (Å²) in [6, 6.07) is 9.10. The molecular formula is C23H24F3N5O3. The number of rotatable bonds is 5. The fraction of sp³-hybridized carbons (Fsp3) is 0.391. The van der Waals surface area contributed by atoms with Gasteiger partial charge < -0.3 is 10.6 Å². The van der Waals surface area contributed by atoms with Gasteiger partial charge in [0.1, 0.15) is 5.82 Å². The fourth-order valence-corrected chi connectivity index (χ4v) is 4.31. The highest BCUT2D eigenvalue weighted by atomic mass is 19.4. The van der Waals surface area contributed by atoms with Gasteiger partial charge in [-0.15, -0.1) is 0 Å². The van der Waals surface area contributed by atoms with E-state index in [0.717, 1.165) is 5.56 Å². The summed E-state index contributed by atoms with van der Waals surface area (Å²) in [5, 5.41) is 4.66. The maximum absolute atomic E-state index is 14.1. The monoisotopic (exact) mass is 475 g/mol. The van der Waals surface area contributed by atoms with Gasteiger partial charge in [-0.1, -0.05) is 30.3 Å². The maximum atomic E-state index is 14.1. The van der Waals surface area contributed by atoms with E-state index in [1.807, 2.05) is 18.3 Å². The molecule has 1 aromatic heterocycles. The Labute approximate surface area is 194 Å². The molecule has 2 saturated heterocycles. The van der Waals surface area contributed by atoms with Gasteiger partial charge in [-0.3, -0.25) is 14.5 Å². The molecule has 1 unspecified atom stereocenters. The summed E-state index contributed by atoms with van der Waals surface area (Å²) in [5.41, 5.74) is -2.51. The van der Waals surface area contributed by atoms with Crippen LogP contribution < -0.4 is 10.6 Å². The van der Waals surface area contributed by atoms with E-state index in [2.05, 4.69) is 10.3 Å². The lowest BCUT2D eigenvalue weighted by molar-refractivity contribution is -0.198. The van der Waals surface area contributed by atoms with Crippen LogP contribution in [0.5, 0.6) is 0 Å². The second-order valence-corrected chi connectivity index (χ2v) is 8.52. The highest BCUT2D eigenvalue weighted by Gasteiger charge is 2.68. The number of aromatic nitrogens is 1. The van der Waals surface area contributed by atoms with Crippen molar-refractivity contribution in [3.05, 3.63) is 59.8 Å². The number of imide groups is 1. The minimum atomic E-state index is -5.02. The van der Waals surface area contributed by atoms with Crippen LogP contribution in [0.25, 0.3) is 0 Å². The van der Waals surface area contributed by atoms with Gasteiger partial charge >= 0.3 is 12.2 Å². The van der Waals surface area contributed by atoms with Crippen molar-refractivity contribution >= 4 is 23.7 Å². The highest BCUT2D eigenvalue weighted by Crippen LogP contribution is 2.43. The molecule has 4 amide bonds. The number of likely N-dealkylation sites (tertiary alicyclic amines) is 1. The zero-order valence-electron chi connectivity index (χ0n) is 18.4. The smallest absolute Gasteiger partial charge is 0.312 e. The first-order valence-electron chi connectivity index (χ1n) is 10.8. The molecular weight excluding hydrogens is 451 g/mol. The van der Waals surface area contributed by atoms with Crippen molar-refractivity contribution < 1.29 is 27.6 Å². The summed E-state index contributed by atoms with van der Waals surface area (Å²) < 4.78 is 42.3. The third-order valence-corrected chi connectivity index (χ3v) is 6.20. The Hall–Kier alpha value is -3.47. The van der Waals surface area contributed by atoms with E-state index in [1.54, 1.807) is 17.2 Å². The van der Waals surface area contributed by atoms with Crippen LogP contribution in [0, 0.1) is 12.8 Å². The summed E-state index contributed by atoms with van der Waals surface area (Å²) in [5.74, 6) is -1.40. The maximum Gasteiger partial charge on any atom is 0.425 e. The van der Waals surface area contributed by atoms with Crippen LogP contribution in [0.4, 0.5) is 23.8 Å². The number of aryl methyl sites for hydroxylation is 1. The molecule has 4 rings (SSSR count). The summed E-state index contributed by atoms with van der Waals surface area (Å²) in [7, 11) is 0. The van der Waals surface area contributed by atoms with Gasteiger partial charge in [0.15, 0.2) is 0 Å². The Kier molecular flexibility index (Phi) is 6.30. The SMILES string of the molecule is Cc1ccnc(NC(=O)C2CCN(CN3C(=O)NC(c4ccccc4)(C(F)(F)F)C3=O)CC2)c1. The van der Waals surface area contributed by atoms with Crippen LogP contribution in [-0.4, -0.2) is 58.6 Å². The normalized spacial score (nSPS) is 22.1. The molecule has 11 heteroatoms. The number of hydrogen-bond acceptors (Lipinski definition) is 5. The van der Waals surface area contributed by atoms with E-state index in [9.17, 15) is 27.6 Å². The average molecular weight is 475 g/mol. The Bertz CT molecular complexity index is 1090. The van der Waals surface area contributed by atoms with Gasteiger partial charge in [0.25, 0.3) is 5.91 Å². The Morgan fingerprint density at radius 1 is 1.18 bits per heavy atom. The van der Waals surface area contributed by atoms with E-state index in [0.29, 0.717) is 36.6 Å². The minimum Gasteiger partial charge on any atom is -0.312 e. The molecule has 3 heterocycles. The second-order valence-electron chi connectivity index (χ2n) is 8.52. The van der Waals surface area contributed by atoms with Crippen molar-refractivity contribution in [1.82, 2.24) is 20.1 Å². The van der Waals surface area contributed by atoms with Crippen LogP contribution in [0.1, 0.15) is 24.0 Å². The lowest BCUT2D eigenvalue weighted by Crippen LogP contribution is -2.56. The molecule has 0 bridgehead atoms. The number of halogens is 3. The third kappa shape index (κ3) is 4.35. The van der Waals surface area contributed by atoms with Crippen molar-refractivity contribution in [2.24, 2.45) is 5.92 Å². The molecule has 8 nitrogen and oxygen atoms in total. The second kappa shape index (κ2) is 9.05. The number of piperidine rings is 1. The standard InChI is InChI=1S/C23H24F3N5O3/c1-15-7-10-27-18(13-15)28-19(32)16-8-11-30(12-9-16)14-31-20(33)22(23(24,25)26,29-21(31)34)17-5-3-2-4-6-17/h2-7,10,13,16H,8-9,11-12,14H2,1H3,(H,29,34)(H,27,28,32). The quantitative estimate of drug-likeness (QED) is 0.649. The molecule has 0 spiro atoms. The number of alkyl halides is 3. The van der Waals surface area contributed by atoms with Crippen LogP contribution in [0.2, 0.25) is 0 Å². The molecule has 1 atom stereocenters. The molecule has 2 aromatic rings. The number of anilines is 1. The average Bonchev–Trinajstić information content (AvgIpc) is 3.06. The van der Waals surface area contributed by atoms with Gasteiger partial charge in [0.2, 0.25) is 11.4 Å². The van der Waals surface area contributed by atoms with E-state index in [4.69, 9.17) is 0 Å². The molecule has 2 N–H and O–H groups in total. The molecule has 2 aliphatic heterocycles. The highest BCUT2D eigenvalue weighted by molar-refractivity contribution is 6.08. The van der Waals surface area contributed by atoms with Crippen molar-refractivity contribution in [2.75, 3.05) is 25.1 Å². The van der Waals surface area contributed by atoms with Crippen LogP contribution in [-0.2, 0) is 15.1 Å². The fourth-order valence-electron chi connectivity index (χ4n) is 4.31. The zero-order valence-corrected chi connectivity index (χ0v) is 18.4. The van der Waals surface area contributed by atoms with Gasteiger partial charge in [-0.2, -0.15) is 13.2 Å². The first-order valence-corrected chi connectivity index (χ1v) is 10.8. The van der Waals surface area contributed by atoms with Crippen molar-refractivity contribution in [3.63, 3.8) is 0 Å². The molecule has 0 aliphatic carbocycles. The van der Waals surface area contributed by atoms with E-state index < -0.39 is 23.7 Å². The Balaban J connectivity index is 1.41. The summed E-state index contributed by atoms with van der Waals surface area (Å²) in [4.78, 5) is 44.4. The summed E-state index contributed by atoms with van der Waals surface area (Å²) in [6.07, 6.45) is -2.55. The van der Waals surface area contributed by atoms with Gasteiger partial charge in [-0.05, 0) is 43.0 Å². The van der Waals surface area contributed by atoms with Crippen LogP contribution in [0.3, 0.4) is 0 Å². The van der Waals surface area contributed by atoms with Crippen molar-refractivity contribution in [1.29, 1.82) is 0 Å². The summed E-state index contributed by atoms with van der Waals surface area (Å²) in [6.45, 7) is 2.29. The van der Waals surface area contributed by atoms with Crippen molar-refractivity contribution in [3.8, 4) is 0 Å². The number of carbonyl (C=O) groups excluding carboxylic acids is 3. The summed E-state index contributed by atoms with van der Waals surface area (Å²) >= 11 is 0. The Morgan fingerprint density at radius 2 is 1.85 bits per heavy atom.